The number of unbranched alkanes of at least 4 members (excludes halogenated alkanes) is 14. The first-order valence-corrected chi connectivity index (χ1v) is 17.2. The molecule has 0 aromatic carbocycles. The van der Waals surface area contributed by atoms with Gasteiger partial charge in [0, 0.05) is 19.3 Å². The Labute approximate surface area is 263 Å². The van der Waals surface area contributed by atoms with Crippen molar-refractivity contribution in [3.63, 3.8) is 0 Å². The summed E-state index contributed by atoms with van der Waals surface area (Å²) in [4.78, 5) is 36.5. The average molecular weight is 613 g/mol. The molecule has 0 spiro atoms. The van der Waals surface area contributed by atoms with E-state index in [1.165, 1.54) is 57.8 Å². The fourth-order valence-electron chi connectivity index (χ4n) is 4.89. The summed E-state index contributed by atoms with van der Waals surface area (Å²) < 4.78 is 17.1. The van der Waals surface area contributed by atoms with Crippen LogP contribution < -0.4 is 0 Å². The zero-order valence-electron chi connectivity index (χ0n) is 28.4. The van der Waals surface area contributed by atoms with Gasteiger partial charge in [-0.3, -0.25) is 9.59 Å². The van der Waals surface area contributed by atoms with E-state index in [2.05, 4.69) is 26.0 Å². The second kappa shape index (κ2) is 27.6. The van der Waals surface area contributed by atoms with Crippen LogP contribution in [0.3, 0.4) is 0 Å². The number of quaternary nitrogens is 1. The van der Waals surface area contributed by atoms with Crippen molar-refractivity contribution in [1.29, 1.82) is 0 Å². The lowest BCUT2D eigenvalue weighted by molar-refractivity contribution is -0.887. The molecule has 0 aromatic rings. The number of ether oxygens (including phenoxy) is 3. The number of carbonyl (C=O) groups is 3. The second-order valence-corrected chi connectivity index (χ2v) is 12.8. The molecule has 8 nitrogen and oxygen atoms in total. The summed E-state index contributed by atoms with van der Waals surface area (Å²) >= 11 is 0. The molecule has 0 saturated carbocycles. The Morgan fingerprint density at radius 3 is 1.74 bits per heavy atom. The first-order valence-electron chi connectivity index (χ1n) is 17.2. The number of aliphatic carboxylic acids is 1. The molecule has 0 amide bonds. The van der Waals surface area contributed by atoms with Gasteiger partial charge in [-0.05, 0) is 32.1 Å². The smallest absolute Gasteiger partial charge is 0.362 e. The van der Waals surface area contributed by atoms with Crippen LogP contribution >= 0.6 is 0 Å². The molecule has 0 radical (unpaired) electrons. The molecular weight excluding hydrogens is 546 g/mol. The third kappa shape index (κ3) is 26.2. The van der Waals surface area contributed by atoms with Gasteiger partial charge in [-0.2, -0.15) is 0 Å². The van der Waals surface area contributed by atoms with E-state index in [4.69, 9.17) is 14.2 Å². The van der Waals surface area contributed by atoms with Gasteiger partial charge in [0.2, 0.25) is 0 Å². The molecule has 0 heterocycles. The molecule has 0 aliphatic carbocycles. The van der Waals surface area contributed by atoms with Gasteiger partial charge < -0.3 is 23.8 Å². The number of esters is 2. The van der Waals surface area contributed by atoms with Crippen molar-refractivity contribution >= 4 is 17.9 Å². The molecule has 0 fully saturated rings. The SMILES string of the molecule is CCCC/C=C\CCCCCCCC(=O)OC(COCCC(C(=O)O)[N+](C)(C)C)COC(=O)CCCCCCCCCC. The quantitative estimate of drug-likeness (QED) is 0.0380. The van der Waals surface area contributed by atoms with Crippen LogP contribution in [0.4, 0.5) is 0 Å². The van der Waals surface area contributed by atoms with Crippen LogP contribution in [0, 0.1) is 0 Å². The minimum absolute atomic E-state index is 0.0505. The Morgan fingerprint density at radius 2 is 1.19 bits per heavy atom. The number of carboxylic acid groups (broad SMARTS) is 1. The van der Waals surface area contributed by atoms with Gasteiger partial charge in [0.05, 0.1) is 34.4 Å². The normalized spacial score (nSPS) is 13.2. The van der Waals surface area contributed by atoms with E-state index in [0.717, 1.165) is 51.4 Å². The fraction of sp³-hybridized carbons (Fsp3) is 0.857. The first-order chi connectivity index (χ1) is 20.6. The molecule has 252 valence electrons. The molecule has 0 saturated heterocycles. The maximum Gasteiger partial charge on any atom is 0.362 e. The van der Waals surface area contributed by atoms with Crippen LogP contribution in [0.5, 0.6) is 0 Å². The van der Waals surface area contributed by atoms with E-state index >= 15 is 0 Å². The van der Waals surface area contributed by atoms with E-state index in [1.807, 2.05) is 21.1 Å². The standard InChI is InChI=1S/C35H65NO7/c1-6-8-10-12-14-16-17-18-20-22-24-26-34(38)43-31(29-41-28-27-32(35(39)40)36(3,4)5)30-42-33(37)25-23-21-19-15-13-11-9-7-2/h12,14,31-32H,6-11,13,15-30H2,1-5H3/p+1/b14-12-. The highest BCUT2D eigenvalue weighted by Crippen LogP contribution is 2.13. The van der Waals surface area contributed by atoms with Crippen LogP contribution in [0.2, 0.25) is 0 Å². The number of likely N-dealkylation sites (N-methyl/N-ethyl adjacent to an activating group) is 1. The predicted molar refractivity (Wildman–Crippen MR) is 174 cm³/mol. The summed E-state index contributed by atoms with van der Waals surface area (Å²) in [7, 11) is 5.50. The lowest BCUT2D eigenvalue weighted by atomic mass is 10.1. The molecule has 2 atom stereocenters. The lowest BCUT2D eigenvalue weighted by Gasteiger charge is -2.31. The Balaban J connectivity index is 4.49. The number of carbonyl (C=O) groups excluding carboxylic acids is 2. The van der Waals surface area contributed by atoms with Crippen molar-refractivity contribution in [2.45, 2.75) is 154 Å². The number of allylic oxidation sites excluding steroid dienone is 2. The summed E-state index contributed by atoms with van der Waals surface area (Å²) in [5.74, 6) is -1.48. The average Bonchev–Trinajstić information content (AvgIpc) is 2.94. The van der Waals surface area contributed by atoms with E-state index in [0.29, 0.717) is 19.3 Å². The van der Waals surface area contributed by atoms with Crippen molar-refractivity contribution < 1.29 is 38.2 Å². The predicted octanol–water partition coefficient (Wildman–Crippen LogP) is 8.02. The lowest BCUT2D eigenvalue weighted by Crippen LogP contribution is -2.50. The minimum atomic E-state index is -0.877. The third-order valence-electron chi connectivity index (χ3n) is 7.66. The molecule has 0 aliphatic rings. The molecule has 0 aromatic heterocycles. The van der Waals surface area contributed by atoms with Crippen LogP contribution in [0.1, 0.15) is 142 Å². The van der Waals surface area contributed by atoms with Crippen LogP contribution in [-0.4, -0.2) is 80.6 Å². The maximum atomic E-state index is 12.6. The van der Waals surface area contributed by atoms with Crippen molar-refractivity contribution in [2.75, 3.05) is 41.0 Å². The van der Waals surface area contributed by atoms with Crippen LogP contribution in [-0.2, 0) is 28.6 Å². The molecule has 43 heavy (non-hydrogen) atoms. The van der Waals surface area contributed by atoms with Gasteiger partial charge >= 0.3 is 17.9 Å². The van der Waals surface area contributed by atoms with E-state index in [9.17, 15) is 19.5 Å². The van der Waals surface area contributed by atoms with Gasteiger partial charge in [0.1, 0.15) is 6.61 Å². The Hall–Kier alpha value is -1.93. The van der Waals surface area contributed by atoms with Crippen molar-refractivity contribution in [2.24, 2.45) is 0 Å². The summed E-state index contributed by atoms with van der Waals surface area (Å²) in [5, 5.41) is 9.54. The van der Waals surface area contributed by atoms with Crippen molar-refractivity contribution in [3.05, 3.63) is 12.2 Å². The fourth-order valence-corrected chi connectivity index (χ4v) is 4.89. The molecule has 2 unspecified atom stereocenters. The Kier molecular flexibility index (Phi) is 26.4. The number of hydrogen-bond donors (Lipinski definition) is 1. The molecule has 1 N–H and O–H groups in total. The highest BCUT2D eigenvalue weighted by molar-refractivity contribution is 5.72. The minimum Gasteiger partial charge on any atom is -0.477 e. The first kappa shape index (κ1) is 41.1. The summed E-state index contributed by atoms with van der Waals surface area (Å²) in [6, 6.07) is -0.609. The second-order valence-electron chi connectivity index (χ2n) is 12.8. The summed E-state index contributed by atoms with van der Waals surface area (Å²) in [6.45, 7) is 4.64. The van der Waals surface area contributed by atoms with Gasteiger partial charge in [-0.15, -0.1) is 0 Å². The Morgan fingerprint density at radius 1 is 0.674 bits per heavy atom. The van der Waals surface area contributed by atoms with Crippen molar-refractivity contribution in [3.8, 4) is 0 Å². The zero-order chi connectivity index (χ0) is 32.2. The number of hydrogen-bond acceptors (Lipinski definition) is 6. The third-order valence-corrected chi connectivity index (χ3v) is 7.66. The van der Waals surface area contributed by atoms with Crippen molar-refractivity contribution in [1.82, 2.24) is 0 Å². The van der Waals surface area contributed by atoms with Gasteiger partial charge in [-0.1, -0.05) is 103 Å². The maximum absolute atomic E-state index is 12.6. The highest BCUT2D eigenvalue weighted by Gasteiger charge is 2.31. The van der Waals surface area contributed by atoms with Gasteiger partial charge in [-0.25, -0.2) is 4.79 Å². The highest BCUT2D eigenvalue weighted by atomic mass is 16.6. The van der Waals surface area contributed by atoms with E-state index < -0.39 is 18.1 Å². The molecular formula is C35H66NO7+. The molecule has 0 bridgehead atoms. The summed E-state index contributed by atoms with van der Waals surface area (Å²) in [6.07, 6.45) is 24.0. The van der Waals surface area contributed by atoms with Crippen LogP contribution in [0.25, 0.3) is 0 Å². The Bertz CT molecular complexity index is 732. The molecule has 0 aliphatic heterocycles. The largest absolute Gasteiger partial charge is 0.477 e. The van der Waals surface area contributed by atoms with E-state index in [1.54, 1.807) is 0 Å². The zero-order valence-corrected chi connectivity index (χ0v) is 28.4. The molecule has 8 heteroatoms. The number of nitrogens with zero attached hydrogens (tertiary/aromatic N) is 1. The van der Waals surface area contributed by atoms with Crippen LogP contribution in [0.15, 0.2) is 12.2 Å². The van der Waals surface area contributed by atoms with Gasteiger partial charge in [0.25, 0.3) is 0 Å². The number of rotatable bonds is 30. The summed E-state index contributed by atoms with van der Waals surface area (Å²) in [5.41, 5.74) is 0. The number of carboxylic acids is 1. The molecule has 0 rings (SSSR count). The monoisotopic (exact) mass is 612 g/mol. The topological polar surface area (TPSA) is 99.1 Å². The van der Waals surface area contributed by atoms with E-state index in [-0.39, 0.29) is 36.2 Å². The van der Waals surface area contributed by atoms with Gasteiger partial charge in [0.15, 0.2) is 12.1 Å².